The van der Waals surface area contributed by atoms with E-state index in [1.807, 2.05) is 0 Å². The van der Waals surface area contributed by atoms with E-state index in [0.717, 1.165) is 32.1 Å². The highest BCUT2D eigenvalue weighted by Gasteiger charge is 2.40. The molecule has 4 heteroatoms. The molecule has 3 aliphatic rings. The lowest BCUT2D eigenvalue weighted by molar-refractivity contribution is -0.139. The number of carbonyl (C=O) groups excluding carboxylic acids is 1. The van der Waals surface area contributed by atoms with Crippen molar-refractivity contribution >= 4 is 5.91 Å². The lowest BCUT2D eigenvalue weighted by Crippen LogP contribution is -2.58. The smallest absolute Gasteiger partial charge is 0.240 e. The minimum atomic E-state index is 0.0211. The van der Waals surface area contributed by atoms with E-state index in [1.165, 1.54) is 51.6 Å². The van der Waals surface area contributed by atoms with E-state index >= 15 is 0 Å². The van der Waals surface area contributed by atoms with Gasteiger partial charge in [-0.25, -0.2) is 0 Å². The summed E-state index contributed by atoms with van der Waals surface area (Å²) in [5.74, 6) is 0.349. The Hall–Kier alpha value is -0.610. The van der Waals surface area contributed by atoms with Crippen LogP contribution in [-0.2, 0) is 4.79 Å². The monoisotopic (exact) mass is 307 g/mol. The number of hydrogen-bond donors (Lipinski definition) is 1. The summed E-state index contributed by atoms with van der Waals surface area (Å²) in [7, 11) is 0. The van der Waals surface area contributed by atoms with Gasteiger partial charge in [-0.1, -0.05) is 20.3 Å². The Kier molecular flexibility index (Phi) is 5.08. The minimum Gasteiger partial charge on any atom is -0.341 e. The summed E-state index contributed by atoms with van der Waals surface area (Å²) < 4.78 is 0. The number of amides is 1. The van der Waals surface area contributed by atoms with Crippen LogP contribution < -0.4 is 5.32 Å². The Morgan fingerprint density at radius 1 is 1.00 bits per heavy atom. The summed E-state index contributed by atoms with van der Waals surface area (Å²) in [6, 6.07) is 0.740. The molecule has 1 atom stereocenters. The molecule has 3 saturated heterocycles. The highest BCUT2D eigenvalue weighted by molar-refractivity contribution is 5.83. The molecule has 3 heterocycles. The third kappa shape index (κ3) is 3.48. The van der Waals surface area contributed by atoms with Crippen molar-refractivity contribution in [2.45, 2.75) is 70.9 Å². The predicted molar refractivity (Wildman–Crippen MR) is 89.8 cm³/mol. The standard InChI is InChI=1S/C18H33N3O/c1-18(2)9-6-10-19-16(18)17(22)21-13-7-15(8-14-21)20-11-4-3-5-12-20/h15-16,19H,3-14H2,1-2H3. The van der Waals surface area contributed by atoms with Gasteiger partial charge in [-0.2, -0.15) is 0 Å². The number of piperidine rings is 3. The fraction of sp³-hybridized carbons (Fsp3) is 0.944. The Labute approximate surface area is 135 Å². The van der Waals surface area contributed by atoms with Crippen molar-refractivity contribution in [3.63, 3.8) is 0 Å². The molecule has 3 rings (SSSR count). The van der Waals surface area contributed by atoms with Crippen molar-refractivity contribution < 1.29 is 4.79 Å². The Balaban J connectivity index is 1.53. The fourth-order valence-corrected chi connectivity index (χ4v) is 4.55. The predicted octanol–water partition coefficient (Wildman–Crippen LogP) is 2.24. The van der Waals surface area contributed by atoms with Crippen LogP contribution in [-0.4, -0.2) is 60.5 Å². The summed E-state index contributed by atoms with van der Waals surface area (Å²) in [6.07, 6.45) is 8.79. The van der Waals surface area contributed by atoms with Crippen molar-refractivity contribution in [3.8, 4) is 0 Å². The molecule has 22 heavy (non-hydrogen) atoms. The summed E-state index contributed by atoms with van der Waals surface area (Å²) in [6.45, 7) is 9.92. The van der Waals surface area contributed by atoms with Crippen LogP contribution in [0, 0.1) is 5.41 Å². The van der Waals surface area contributed by atoms with Crippen LogP contribution in [0.5, 0.6) is 0 Å². The number of hydrogen-bond acceptors (Lipinski definition) is 3. The van der Waals surface area contributed by atoms with Crippen molar-refractivity contribution in [3.05, 3.63) is 0 Å². The second-order valence-electron chi connectivity index (χ2n) is 8.13. The molecule has 3 fully saturated rings. The molecule has 1 N–H and O–H groups in total. The summed E-state index contributed by atoms with van der Waals surface area (Å²) in [5.41, 5.74) is 0.0963. The maximum atomic E-state index is 12.9. The molecule has 0 saturated carbocycles. The number of carbonyl (C=O) groups is 1. The number of nitrogens with zero attached hydrogens (tertiary/aromatic N) is 2. The van der Waals surface area contributed by atoms with Crippen LogP contribution in [0.1, 0.15) is 58.8 Å². The lowest BCUT2D eigenvalue weighted by atomic mass is 9.77. The van der Waals surface area contributed by atoms with Crippen molar-refractivity contribution in [2.24, 2.45) is 5.41 Å². The Morgan fingerprint density at radius 3 is 2.32 bits per heavy atom. The zero-order chi connectivity index (χ0) is 15.6. The minimum absolute atomic E-state index is 0.0211. The van der Waals surface area contributed by atoms with Gasteiger partial charge in [0.25, 0.3) is 0 Å². The van der Waals surface area contributed by atoms with Gasteiger partial charge in [0.05, 0.1) is 6.04 Å². The molecule has 0 spiro atoms. The van der Waals surface area contributed by atoms with Crippen molar-refractivity contribution in [2.75, 3.05) is 32.7 Å². The maximum Gasteiger partial charge on any atom is 0.240 e. The van der Waals surface area contributed by atoms with Gasteiger partial charge >= 0.3 is 0 Å². The molecule has 3 aliphatic heterocycles. The maximum absolute atomic E-state index is 12.9. The molecule has 0 aromatic rings. The normalized spacial score (nSPS) is 31.2. The first-order chi connectivity index (χ1) is 10.6. The van der Waals surface area contributed by atoms with E-state index in [9.17, 15) is 4.79 Å². The SMILES string of the molecule is CC1(C)CCCNC1C(=O)N1CCC(N2CCCCC2)CC1. The first kappa shape index (κ1) is 16.3. The van der Waals surface area contributed by atoms with E-state index in [0.29, 0.717) is 5.91 Å². The molecule has 0 radical (unpaired) electrons. The van der Waals surface area contributed by atoms with E-state index < -0.39 is 0 Å². The van der Waals surface area contributed by atoms with Gasteiger partial charge in [-0.3, -0.25) is 4.79 Å². The van der Waals surface area contributed by atoms with Gasteiger partial charge in [0.15, 0.2) is 0 Å². The molecule has 0 bridgehead atoms. The third-order valence-electron chi connectivity index (χ3n) is 6.06. The molecule has 0 aliphatic carbocycles. The number of likely N-dealkylation sites (tertiary alicyclic amines) is 2. The largest absolute Gasteiger partial charge is 0.341 e. The average Bonchev–Trinajstić information content (AvgIpc) is 2.55. The molecular formula is C18H33N3O. The van der Waals surface area contributed by atoms with E-state index in [1.54, 1.807) is 0 Å². The molecule has 0 aromatic carbocycles. The molecule has 126 valence electrons. The molecule has 0 aromatic heterocycles. The molecule has 1 amide bonds. The Bertz CT molecular complexity index is 382. The summed E-state index contributed by atoms with van der Waals surface area (Å²) >= 11 is 0. The van der Waals surface area contributed by atoms with Gasteiger partial charge in [0.1, 0.15) is 0 Å². The number of rotatable bonds is 2. The van der Waals surface area contributed by atoms with Gasteiger partial charge in [-0.15, -0.1) is 0 Å². The fourth-order valence-electron chi connectivity index (χ4n) is 4.55. The molecular weight excluding hydrogens is 274 g/mol. The van der Waals surface area contributed by atoms with Crippen molar-refractivity contribution in [1.82, 2.24) is 15.1 Å². The summed E-state index contributed by atoms with van der Waals surface area (Å²) in [4.78, 5) is 17.7. The molecule has 1 unspecified atom stereocenters. The second kappa shape index (κ2) is 6.88. The Morgan fingerprint density at radius 2 is 1.68 bits per heavy atom. The van der Waals surface area contributed by atoms with Crippen LogP contribution in [0.2, 0.25) is 0 Å². The van der Waals surface area contributed by atoms with Crippen LogP contribution >= 0.6 is 0 Å². The zero-order valence-electron chi connectivity index (χ0n) is 14.4. The van der Waals surface area contributed by atoms with Crippen molar-refractivity contribution in [1.29, 1.82) is 0 Å². The van der Waals surface area contributed by atoms with Gasteiger partial charge in [0.2, 0.25) is 5.91 Å². The first-order valence-corrected chi connectivity index (χ1v) is 9.34. The van der Waals surface area contributed by atoms with E-state index in [-0.39, 0.29) is 11.5 Å². The van der Waals surface area contributed by atoms with Gasteiger partial charge < -0.3 is 15.1 Å². The van der Waals surface area contributed by atoms with Crippen LogP contribution in [0.3, 0.4) is 0 Å². The summed E-state index contributed by atoms with van der Waals surface area (Å²) in [5, 5.41) is 3.48. The van der Waals surface area contributed by atoms with Gasteiger partial charge in [-0.05, 0) is 63.6 Å². The van der Waals surface area contributed by atoms with Gasteiger partial charge in [0, 0.05) is 19.1 Å². The third-order valence-corrected chi connectivity index (χ3v) is 6.06. The highest BCUT2D eigenvalue weighted by Crippen LogP contribution is 2.32. The van der Waals surface area contributed by atoms with Crippen LogP contribution in [0.15, 0.2) is 0 Å². The second-order valence-corrected chi connectivity index (χ2v) is 8.13. The topological polar surface area (TPSA) is 35.6 Å². The first-order valence-electron chi connectivity index (χ1n) is 9.34. The average molecular weight is 307 g/mol. The van der Waals surface area contributed by atoms with Crippen LogP contribution in [0.4, 0.5) is 0 Å². The van der Waals surface area contributed by atoms with E-state index in [2.05, 4.69) is 29.0 Å². The van der Waals surface area contributed by atoms with Crippen LogP contribution in [0.25, 0.3) is 0 Å². The van der Waals surface area contributed by atoms with E-state index in [4.69, 9.17) is 0 Å². The zero-order valence-corrected chi connectivity index (χ0v) is 14.4. The lowest BCUT2D eigenvalue weighted by Gasteiger charge is -2.44. The quantitative estimate of drug-likeness (QED) is 0.850. The highest BCUT2D eigenvalue weighted by atomic mass is 16.2. The molecule has 4 nitrogen and oxygen atoms in total. The number of nitrogens with one attached hydrogen (secondary N) is 1.